The van der Waals surface area contributed by atoms with Gasteiger partial charge in [0.2, 0.25) is 0 Å². The van der Waals surface area contributed by atoms with Crippen LogP contribution < -0.4 is 4.90 Å². The number of benzene rings is 4. The first-order valence-corrected chi connectivity index (χ1v) is 14.7. The Morgan fingerprint density at radius 3 is 1.79 bits per heavy atom. The van der Waals surface area contributed by atoms with Crippen LogP contribution in [0.4, 0.5) is 17.1 Å². The first kappa shape index (κ1) is 25.2. The van der Waals surface area contributed by atoms with E-state index in [-0.39, 0.29) is 0 Å². The van der Waals surface area contributed by atoms with Crippen molar-refractivity contribution in [3.8, 4) is 22.0 Å². The molecule has 0 aliphatic rings. The number of anilines is 3. The molecule has 3 heteroatoms. The van der Waals surface area contributed by atoms with Gasteiger partial charge in [-0.3, -0.25) is 0 Å². The number of aryl methyl sites for hydroxylation is 1. The Morgan fingerprint density at radius 1 is 0.564 bits per heavy atom. The van der Waals surface area contributed by atoms with E-state index in [0.717, 1.165) is 46.0 Å². The Labute approximate surface area is 235 Å². The van der Waals surface area contributed by atoms with Gasteiger partial charge in [0.15, 0.2) is 5.76 Å². The average molecular weight is 528 g/mol. The number of para-hydroxylation sites is 2. The molecule has 4 aromatic carbocycles. The maximum atomic E-state index is 6.66. The van der Waals surface area contributed by atoms with Crippen LogP contribution in [-0.2, 0) is 6.42 Å². The summed E-state index contributed by atoms with van der Waals surface area (Å²) in [4.78, 5) is 4.93. The molecule has 0 saturated heterocycles. The molecule has 0 atom stereocenters. The summed E-state index contributed by atoms with van der Waals surface area (Å²) in [5, 5.41) is 2.33. The number of hydrogen-bond donors (Lipinski definition) is 0. The van der Waals surface area contributed by atoms with Crippen molar-refractivity contribution in [2.24, 2.45) is 0 Å². The van der Waals surface area contributed by atoms with Crippen LogP contribution in [0, 0.1) is 0 Å². The van der Waals surface area contributed by atoms with Gasteiger partial charge < -0.3 is 9.32 Å². The minimum absolute atomic E-state index is 0.927. The Kier molecular flexibility index (Phi) is 7.60. The van der Waals surface area contributed by atoms with E-state index in [2.05, 4.69) is 133 Å². The Hall–Kier alpha value is -4.08. The van der Waals surface area contributed by atoms with Gasteiger partial charge in [0.05, 0.1) is 4.88 Å². The van der Waals surface area contributed by atoms with E-state index in [1.165, 1.54) is 40.8 Å². The molecule has 6 aromatic rings. The lowest BCUT2D eigenvalue weighted by atomic mass is 10.1. The molecule has 2 nitrogen and oxygen atoms in total. The number of rotatable bonds is 10. The maximum absolute atomic E-state index is 6.66. The zero-order chi connectivity index (χ0) is 26.4. The minimum atomic E-state index is 0.927. The third kappa shape index (κ3) is 5.41. The summed E-state index contributed by atoms with van der Waals surface area (Å²) < 4.78 is 6.66. The van der Waals surface area contributed by atoms with Crippen molar-refractivity contribution in [3.05, 3.63) is 126 Å². The normalized spacial score (nSPS) is 11.2. The molecule has 0 aliphatic heterocycles. The lowest BCUT2D eigenvalue weighted by Crippen LogP contribution is -2.09. The Morgan fingerprint density at radius 2 is 1.15 bits per heavy atom. The van der Waals surface area contributed by atoms with Gasteiger partial charge in [0.1, 0.15) is 5.76 Å². The highest BCUT2D eigenvalue weighted by atomic mass is 32.1. The maximum Gasteiger partial charge on any atom is 0.152 e. The summed E-state index contributed by atoms with van der Waals surface area (Å²) in [7, 11) is 0. The fourth-order valence-electron chi connectivity index (χ4n) is 5.21. The zero-order valence-electron chi connectivity index (χ0n) is 22.3. The van der Waals surface area contributed by atoms with Crippen LogP contribution in [0.2, 0.25) is 0 Å². The van der Waals surface area contributed by atoms with Gasteiger partial charge in [-0.25, -0.2) is 0 Å². The first-order valence-electron chi connectivity index (χ1n) is 13.9. The van der Waals surface area contributed by atoms with Crippen LogP contribution in [-0.4, -0.2) is 0 Å². The molecule has 2 aromatic heterocycles. The van der Waals surface area contributed by atoms with Crippen LogP contribution in [0.25, 0.3) is 32.7 Å². The van der Waals surface area contributed by atoms with Gasteiger partial charge >= 0.3 is 0 Å². The summed E-state index contributed by atoms with van der Waals surface area (Å²) in [6.45, 7) is 2.26. The summed E-state index contributed by atoms with van der Waals surface area (Å²) in [6.07, 6.45) is 6.30. The lowest BCUT2D eigenvalue weighted by Gasteiger charge is -2.25. The highest BCUT2D eigenvalue weighted by Gasteiger charge is 2.18. The van der Waals surface area contributed by atoms with E-state index < -0.39 is 0 Å². The predicted octanol–water partition coefficient (Wildman–Crippen LogP) is 11.4. The van der Waals surface area contributed by atoms with Crippen LogP contribution in [0.3, 0.4) is 0 Å². The van der Waals surface area contributed by atoms with Crippen LogP contribution in [0.15, 0.2) is 126 Å². The van der Waals surface area contributed by atoms with Crippen molar-refractivity contribution >= 4 is 39.2 Å². The van der Waals surface area contributed by atoms with Crippen molar-refractivity contribution in [3.63, 3.8) is 0 Å². The third-order valence-electron chi connectivity index (χ3n) is 7.20. The van der Waals surface area contributed by atoms with Crippen molar-refractivity contribution in [1.29, 1.82) is 0 Å². The third-order valence-corrected chi connectivity index (χ3v) is 8.34. The number of thiophene rings is 1. The standard InChI is InChI=1S/C36H33NOS/c1-2-3-4-11-18-31-25-26-34(39-31)36-33-20-13-12-19-32(33)35(38-36)27-21-23-30(24-22-27)37(28-14-7-5-8-15-28)29-16-9-6-10-17-29/h5-10,12-17,19-26H,2-4,11,18H2,1H3. The number of furan rings is 1. The molecule has 0 spiro atoms. The Bertz CT molecular complexity index is 1590. The van der Waals surface area contributed by atoms with E-state index in [9.17, 15) is 0 Å². The fourth-order valence-corrected chi connectivity index (χ4v) is 6.26. The largest absolute Gasteiger partial charge is 0.454 e. The molecule has 2 heterocycles. The monoisotopic (exact) mass is 527 g/mol. The van der Waals surface area contributed by atoms with Gasteiger partial charge in [-0.1, -0.05) is 86.8 Å². The van der Waals surface area contributed by atoms with Gasteiger partial charge in [-0.2, -0.15) is 0 Å². The molecular weight excluding hydrogens is 494 g/mol. The molecule has 39 heavy (non-hydrogen) atoms. The summed E-state index contributed by atoms with van der Waals surface area (Å²) in [5.41, 5.74) is 4.45. The zero-order valence-corrected chi connectivity index (χ0v) is 23.2. The van der Waals surface area contributed by atoms with E-state index in [0.29, 0.717) is 0 Å². The number of nitrogens with zero attached hydrogens (tertiary/aromatic N) is 1. The van der Waals surface area contributed by atoms with Crippen LogP contribution in [0.1, 0.15) is 37.5 Å². The van der Waals surface area contributed by atoms with Crippen LogP contribution in [0.5, 0.6) is 0 Å². The van der Waals surface area contributed by atoms with E-state index in [4.69, 9.17) is 4.42 Å². The molecule has 6 rings (SSSR count). The number of hydrogen-bond acceptors (Lipinski definition) is 3. The minimum Gasteiger partial charge on any atom is -0.454 e. The summed E-state index contributed by atoms with van der Waals surface area (Å²) in [6, 6.07) is 42.8. The summed E-state index contributed by atoms with van der Waals surface area (Å²) >= 11 is 1.87. The van der Waals surface area contributed by atoms with Crippen molar-refractivity contribution in [1.82, 2.24) is 0 Å². The lowest BCUT2D eigenvalue weighted by molar-refractivity contribution is 0.603. The second-order valence-electron chi connectivity index (χ2n) is 9.94. The van der Waals surface area contributed by atoms with Crippen molar-refractivity contribution < 1.29 is 4.42 Å². The highest BCUT2D eigenvalue weighted by Crippen LogP contribution is 2.42. The van der Waals surface area contributed by atoms with Gasteiger partial charge in [-0.05, 0) is 73.5 Å². The molecular formula is C36H33NOS. The topological polar surface area (TPSA) is 16.4 Å². The fraction of sp³-hybridized carbons (Fsp3) is 0.167. The van der Waals surface area contributed by atoms with Gasteiger partial charge in [0, 0.05) is 38.3 Å². The molecule has 0 aliphatic carbocycles. The van der Waals surface area contributed by atoms with Crippen molar-refractivity contribution in [2.45, 2.75) is 39.0 Å². The molecule has 0 amide bonds. The van der Waals surface area contributed by atoms with Crippen molar-refractivity contribution in [2.75, 3.05) is 4.90 Å². The quantitative estimate of drug-likeness (QED) is 0.165. The molecule has 0 fully saturated rings. The molecule has 0 unspecified atom stereocenters. The first-order chi connectivity index (χ1) is 19.3. The molecule has 0 N–H and O–H groups in total. The molecule has 0 bridgehead atoms. The van der Waals surface area contributed by atoms with E-state index in [1.807, 2.05) is 11.3 Å². The second-order valence-corrected chi connectivity index (χ2v) is 11.1. The SMILES string of the molecule is CCCCCCc1ccc(-c2oc(-c3ccc(N(c4ccccc4)c4ccccc4)cc3)c3ccccc23)s1. The Balaban J connectivity index is 1.34. The van der Waals surface area contributed by atoms with E-state index in [1.54, 1.807) is 0 Å². The summed E-state index contributed by atoms with van der Waals surface area (Å²) in [5.74, 6) is 1.90. The van der Waals surface area contributed by atoms with Gasteiger partial charge in [0.25, 0.3) is 0 Å². The number of fused-ring (bicyclic) bond motifs is 1. The molecule has 0 saturated carbocycles. The molecule has 0 radical (unpaired) electrons. The number of unbranched alkanes of at least 4 members (excludes halogenated alkanes) is 3. The van der Waals surface area contributed by atoms with Gasteiger partial charge in [-0.15, -0.1) is 11.3 Å². The second kappa shape index (κ2) is 11.8. The smallest absolute Gasteiger partial charge is 0.152 e. The molecule has 194 valence electrons. The van der Waals surface area contributed by atoms with Crippen LogP contribution >= 0.6 is 11.3 Å². The highest BCUT2D eigenvalue weighted by molar-refractivity contribution is 7.15. The predicted molar refractivity (Wildman–Crippen MR) is 167 cm³/mol. The van der Waals surface area contributed by atoms with E-state index >= 15 is 0 Å². The average Bonchev–Trinajstić information content (AvgIpc) is 3.62.